The van der Waals surface area contributed by atoms with Gasteiger partial charge in [0.05, 0.1) is 0 Å². The van der Waals surface area contributed by atoms with Crippen molar-refractivity contribution in [3.63, 3.8) is 0 Å². The van der Waals surface area contributed by atoms with Crippen LogP contribution < -0.4 is 10.6 Å². The first-order chi connectivity index (χ1) is 9.21. The van der Waals surface area contributed by atoms with Crippen molar-refractivity contribution in [1.29, 1.82) is 0 Å². The van der Waals surface area contributed by atoms with E-state index in [9.17, 15) is 0 Å². The van der Waals surface area contributed by atoms with Gasteiger partial charge in [0.1, 0.15) is 17.5 Å². The monoisotopic (exact) mass is 262 g/mol. The Bertz CT molecular complexity index is 401. The van der Waals surface area contributed by atoms with Gasteiger partial charge in [0.2, 0.25) is 0 Å². The van der Waals surface area contributed by atoms with Crippen LogP contribution in [0.4, 0.5) is 11.6 Å². The van der Waals surface area contributed by atoms with Gasteiger partial charge >= 0.3 is 0 Å². The summed E-state index contributed by atoms with van der Waals surface area (Å²) in [6, 6.07) is 2.52. The number of aryl methyl sites for hydroxylation is 1. The Balaban J connectivity index is 2.00. The molecule has 1 heterocycles. The molecule has 0 aromatic carbocycles. The Morgan fingerprint density at radius 2 is 2.00 bits per heavy atom. The smallest absolute Gasteiger partial charge is 0.132 e. The predicted molar refractivity (Wildman–Crippen MR) is 80.6 cm³/mol. The van der Waals surface area contributed by atoms with Gasteiger partial charge in [-0.25, -0.2) is 9.97 Å². The van der Waals surface area contributed by atoms with Gasteiger partial charge in [0.15, 0.2) is 0 Å². The molecule has 0 amide bonds. The molecule has 0 aliphatic heterocycles. The maximum Gasteiger partial charge on any atom is 0.132 e. The molecule has 4 nitrogen and oxygen atoms in total. The summed E-state index contributed by atoms with van der Waals surface area (Å²) in [6.45, 7) is 7.45. The predicted octanol–water partition coefficient (Wildman–Crippen LogP) is 3.46. The number of rotatable bonds is 8. The SMILES string of the molecule is CCCNc1cc(NC(C)CC2CC2)nc(CC)n1. The van der Waals surface area contributed by atoms with E-state index < -0.39 is 0 Å². The summed E-state index contributed by atoms with van der Waals surface area (Å²) in [5, 5.41) is 6.86. The normalized spacial score (nSPS) is 16.2. The molecule has 0 bridgehead atoms. The zero-order valence-electron chi connectivity index (χ0n) is 12.4. The topological polar surface area (TPSA) is 49.8 Å². The minimum absolute atomic E-state index is 0.492. The molecule has 1 aromatic heterocycles. The summed E-state index contributed by atoms with van der Waals surface area (Å²) < 4.78 is 0. The lowest BCUT2D eigenvalue weighted by atomic mass is 10.1. The summed E-state index contributed by atoms with van der Waals surface area (Å²) in [6.07, 6.45) is 6.03. The average Bonchev–Trinajstić information content (AvgIpc) is 3.19. The van der Waals surface area contributed by atoms with Crippen LogP contribution in [-0.2, 0) is 6.42 Å². The van der Waals surface area contributed by atoms with E-state index in [0.29, 0.717) is 6.04 Å². The highest BCUT2D eigenvalue weighted by molar-refractivity contribution is 5.48. The molecule has 1 atom stereocenters. The Labute approximate surface area is 116 Å². The molecule has 1 aliphatic carbocycles. The number of aromatic nitrogens is 2. The highest BCUT2D eigenvalue weighted by atomic mass is 15.1. The van der Waals surface area contributed by atoms with Gasteiger partial charge in [-0.1, -0.05) is 26.7 Å². The summed E-state index contributed by atoms with van der Waals surface area (Å²) in [7, 11) is 0. The van der Waals surface area contributed by atoms with Crippen molar-refractivity contribution in [1.82, 2.24) is 9.97 Å². The van der Waals surface area contributed by atoms with Crippen molar-refractivity contribution >= 4 is 11.6 Å². The zero-order chi connectivity index (χ0) is 13.7. The number of nitrogens with one attached hydrogen (secondary N) is 2. The van der Waals surface area contributed by atoms with Crippen LogP contribution in [0, 0.1) is 5.92 Å². The molecule has 1 aliphatic rings. The summed E-state index contributed by atoms with van der Waals surface area (Å²) >= 11 is 0. The Hall–Kier alpha value is -1.32. The fourth-order valence-electron chi connectivity index (χ4n) is 2.24. The molecule has 0 saturated heterocycles. The van der Waals surface area contributed by atoms with Gasteiger partial charge in [0, 0.05) is 25.1 Å². The van der Waals surface area contributed by atoms with Crippen molar-refractivity contribution in [2.45, 2.75) is 58.9 Å². The largest absolute Gasteiger partial charge is 0.370 e. The molecule has 1 saturated carbocycles. The second-order valence-electron chi connectivity index (χ2n) is 5.56. The van der Waals surface area contributed by atoms with Gasteiger partial charge < -0.3 is 10.6 Å². The maximum absolute atomic E-state index is 4.57. The summed E-state index contributed by atoms with van der Waals surface area (Å²) in [4.78, 5) is 9.07. The lowest BCUT2D eigenvalue weighted by molar-refractivity contribution is 0.639. The minimum atomic E-state index is 0.492. The first kappa shape index (κ1) is 14.1. The molecule has 0 spiro atoms. The number of hydrogen-bond donors (Lipinski definition) is 2. The van der Waals surface area contributed by atoms with Gasteiger partial charge in [-0.2, -0.15) is 0 Å². The molecule has 106 valence electrons. The van der Waals surface area contributed by atoms with Crippen molar-refractivity contribution in [2.24, 2.45) is 5.92 Å². The van der Waals surface area contributed by atoms with Crippen LogP contribution in [0.25, 0.3) is 0 Å². The van der Waals surface area contributed by atoms with Crippen molar-refractivity contribution in [3.8, 4) is 0 Å². The highest BCUT2D eigenvalue weighted by Crippen LogP contribution is 2.34. The van der Waals surface area contributed by atoms with Crippen molar-refractivity contribution < 1.29 is 0 Å². The Kier molecular flexibility index (Phi) is 5.00. The third-order valence-corrected chi connectivity index (χ3v) is 3.42. The van der Waals surface area contributed by atoms with Crippen LogP contribution in [-0.4, -0.2) is 22.6 Å². The second-order valence-corrected chi connectivity index (χ2v) is 5.56. The molecule has 1 fully saturated rings. The standard InChI is InChI=1S/C15H26N4/c1-4-8-16-14-10-15(19-13(5-2)18-14)17-11(3)9-12-6-7-12/h10-12H,4-9H2,1-3H3,(H2,16,17,18,19). The highest BCUT2D eigenvalue weighted by Gasteiger charge is 2.23. The Morgan fingerprint density at radius 3 is 2.63 bits per heavy atom. The number of hydrogen-bond acceptors (Lipinski definition) is 4. The van der Waals surface area contributed by atoms with E-state index in [1.165, 1.54) is 19.3 Å². The van der Waals surface area contributed by atoms with E-state index in [-0.39, 0.29) is 0 Å². The molecule has 2 rings (SSSR count). The average molecular weight is 262 g/mol. The van der Waals surface area contributed by atoms with E-state index in [1.807, 2.05) is 6.07 Å². The van der Waals surface area contributed by atoms with Crippen LogP contribution in [0.5, 0.6) is 0 Å². The second kappa shape index (κ2) is 6.73. The van der Waals surface area contributed by atoms with Crippen molar-refractivity contribution in [2.75, 3.05) is 17.2 Å². The van der Waals surface area contributed by atoms with E-state index >= 15 is 0 Å². The lowest BCUT2D eigenvalue weighted by Gasteiger charge is -2.15. The first-order valence-electron chi connectivity index (χ1n) is 7.59. The molecule has 19 heavy (non-hydrogen) atoms. The van der Waals surface area contributed by atoms with E-state index in [0.717, 1.165) is 42.8 Å². The molecule has 2 N–H and O–H groups in total. The van der Waals surface area contributed by atoms with Gasteiger partial charge in [-0.05, 0) is 25.7 Å². The fraction of sp³-hybridized carbons (Fsp3) is 0.733. The molecule has 4 heteroatoms. The van der Waals surface area contributed by atoms with Gasteiger partial charge in [-0.15, -0.1) is 0 Å². The molecular weight excluding hydrogens is 236 g/mol. The zero-order valence-corrected chi connectivity index (χ0v) is 12.4. The van der Waals surface area contributed by atoms with Gasteiger partial charge in [0.25, 0.3) is 0 Å². The van der Waals surface area contributed by atoms with Gasteiger partial charge in [-0.3, -0.25) is 0 Å². The lowest BCUT2D eigenvalue weighted by Crippen LogP contribution is -2.18. The molecule has 1 aromatic rings. The summed E-state index contributed by atoms with van der Waals surface area (Å²) in [5.74, 6) is 3.74. The minimum Gasteiger partial charge on any atom is -0.370 e. The first-order valence-corrected chi connectivity index (χ1v) is 7.59. The summed E-state index contributed by atoms with van der Waals surface area (Å²) in [5.41, 5.74) is 0. The van der Waals surface area contributed by atoms with Crippen LogP contribution in [0.2, 0.25) is 0 Å². The van der Waals surface area contributed by atoms with Crippen molar-refractivity contribution in [3.05, 3.63) is 11.9 Å². The maximum atomic E-state index is 4.57. The molecule has 0 radical (unpaired) electrons. The van der Waals surface area contributed by atoms with Crippen LogP contribution in [0.1, 0.15) is 52.3 Å². The van der Waals surface area contributed by atoms with Crippen LogP contribution in [0.15, 0.2) is 6.07 Å². The van der Waals surface area contributed by atoms with Crippen LogP contribution >= 0.6 is 0 Å². The van der Waals surface area contributed by atoms with Crippen LogP contribution in [0.3, 0.4) is 0 Å². The Morgan fingerprint density at radius 1 is 1.26 bits per heavy atom. The fourth-order valence-corrected chi connectivity index (χ4v) is 2.24. The van der Waals surface area contributed by atoms with E-state index in [1.54, 1.807) is 0 Å². The third kappa shape index (κ3) is 4.69. The molecular formula is C15H26N4. The number of nitrogens with zero attached hydrogens (tertiary/aromatic N) is 2. The molecule has 1 unspecified atom stereocenters. The quantitative estimate of drug-likeness (QED) is 0.753. The third-order valence-electron chi connectivity index (χ3n) is 3.42. The number of anilines is 2. The van der Waals surface area contributed by atoms with E-state index in [4.69, 9.17) is 0 Å². The van der Waals surface area contributed by atoms with E-state index in [2.05, 4.69) is 41.4 Å².